The van der Waals surface area contributed by atoms with Crippen LogP contribution in [-0.2, 0) is 10.0 Å². The third-order valence-corrected chi connectivity index (χ3v) is 5.42. The fraction of sp³-hybridized carbons (Fsp3) is 0.625. The molecule has 1 saturated carbocycles. The number of thiazole rings is 1. The maximum Gasteiger partial charge on any atom is 0.252 e. The van der Waals surface area contributed by atoms with Gasteiger partial charge in [0.25, 0.3) is 10.0 Å². The highest BCUT2D eigenvalue weighted by molar-refractivity contribution is 7.91. The number of hydrogen-bond acceptors (Lipinski definition) is 5. The first kappa shape index (κ1) is 10.8. The highest BCUT2D eigenvalue weighted by atomic mass is 32.2. The number of anilines is 1. The first-order valence-electron chi connectivity index (χ1n) is 4.70. The lowest BCUT2D eigenvalue weighted by molar-refractivity contribution is 0.582. The predicted octanol–water partition coefficient (Wildman–Crippen LogP) is 0.934. The van der Waals surface area contributed by atoms with E-state index in [1.54, 1.807) is 14.0 Å². The average Bonchev–Trinajstić information content (AvgIpc) is 2.85. The molecule has 0 aromatic carbocycles. The molecule has 1 aliphatic carbocycles. The van der Waals surface area contributed by atoms with Crippen molar-refractivity contribution in [2.75, 3.05) is 12.4 Å². The van der Waals surface area contributed by atoms with Gasteiger partial charge in [0.2, 0.25) is 0 Å². The van der Waals surface area contributed by atoms with Crippen LogP contribution in [0.2, 0.25) is 0 Å². The second-order valence-electron chi connectivity index (χ2n) is 3.54. The van der Waals surface area contributed by atoms with Crippen molar-refractivity contribution in [2.24, 2.45) is 0 Å². The van der Waals surface area contributed by atoms with Crippen LogP contribution < -0.4 is 10.0 Å². The normalized spacial score (nSPS) is 16.7. The Kier molecular flexibility index (Phi) is 2.70. The fourth-order valence-electron chi connectivity index (χ4n) is 1.21. The van der Waals surface area contributed by atoms with E-state index in [-0.39, 0.29) is 6.04 Å². The number of nitrogens with zero attached hydrogens (tertiary/aromatic N) is 1. The van der Waals surface area contributed by atoms with E-state index in [2.05, 4.69) is 15.0 Å². The number of sulfonamides is 1. The van der Waals surface area contributed by atoms with Crippen molar-refractivity contribution in [3.8, 4) is 0 Å². The molecule has 15 heavy (non-hydrogen) atoms. The molecule has 1 aromatic heterocycles. The molecular formula is C8H13N3O2S2. The van der Waals surface area contributed by atoms with Gasteiger partial charge in [-0.25, -0.2) is 18.1 Å². The van der Waals surface area contributed by atoms with Crippen LogP contribution in [0.25, 0.3) is 0 Å². The molecule has 84 valence electrons. The van der Waals surface area contributed by atoms with Crippen LogP contribution in [0.5, 0.6) is 0 Å². The zero-order chi connectivity index (χ0) is 11.1. The van der Waals surface area contributed by atoms with E-state index >= 15 is 0 Å². The second kappa shape index (κ2) is 3.73. The quantitative estimate of drug-likeness (QED) is 0.830. The zero-order valence-electron chi connectivity index (χ0n) is 8.57. The summed E-state index contributed by atoms with van der Waals surface area (Å²) in [5.74, 6) is 0. The number of aryl methyl sites for hydroxylation is 1. The number of rotatable bonds is 4. The Hall–Kier alpha value is -0.660. The van der Waals surface area contributed by atoms with Gasteiger partial charge in [0.15, 0.2) is 9.34 Å². The molecule has 1 fully saturated rings. The summed E-state index contributed by atoms with van der Waals surface area (Å²) in [5.41, 5.74) is 0.553. The van der Waals surface area contributed by atoms with Crippen molar-refractivity contribution in [3.63, 3.8) is 0 Å². The van der Waals surface area contributed by atoms with Gasteiger partial charge in [0.1, 0.15) is 0 Å². The van der Waals surface area contributed by atoms with Crippen LogP contribution in [0, 0.1) is 6.92 Å². The minimum Gasteiger partial charge on any atom is -0.365 e. The fourth-order valence-corrected chi connectivity index (χ4v) is 3.90. The Bertz CT molecular complexity index is 462. The molecule has 0 amide bonds. The van der Waals surface area contributed by atoms with E-state index in [1.807, 2.05) is 0 Å². The number of nitrogens with one attached hydrogen (secondary N) is 2. The summed E-state index contributed by atoms with van der Waals surface area (Å²) in [7, 11) is -1.63. The molecule has 2 N–H and O–H groups in total. The molecule has 0 atom stereocenters. The van der Waals surface area contributed by atoms with Crippen LogP contribution in [0.3, 0.4) is 0 Å². The Morgan fingerprint density at radius 3 is 2.60 bits per heavy atom. The van der Waals surface area contributed by atoms with Crippen molar-refractivity contribution in [3.05, 3.63) is 5.69 Å². The standard InChI is InChI=1S/C8H13N3O2S2/c1-5-7(14-8(9-2)10-5)15(12,13)11-6-3-4-6/h6,11H,3-4H2,1-2H3,(H,9,10). The maximum absolute atomic E-state index is 11.9. The molecule has 5 nitrogen and oxygen atoms in total. The molecule has 0 saturated heterocycles. The summed E-state index contributed by atoms with van der Waals surface area (Å²) in [4.78, 5) is 4.11. The molecule has 0 radical (unpaired) electrons. The van der Waals surface area contributed by atoms with Crippen molar-refractivity contribution in [2.45, 2.75) is 30.0 Å². The summed E-state index contributed by atoms with van der Waals surface area (Å²) >= 11 is 1.16. The van der Waals surface area contributed by atoms with Crippen LogP contribution in [-0.4, -0.2) is 26.5 Å². The van der Waals surface area contributed by atoms with Crippen molar-refractivity contribution in [1.29, 1.82) is 0 Å². The zero-order valence-corrected chi connectivity index (χ0v) is 10.2. The Labute approximate surface area is 93.0 Å². The highest BCUT2D eigenvalue weighted by Gasteiger charge is 2.30. The van der Waals surface area contributed by atoms with Gasteiger partial charge in [-0.05, 0) is 19.8 Å². The Morgan fingerprint density at radius 2 is 2.13 bits per heavy atom. The van der Waals surface area contributed by atoms with Gasteiger partial charge >= 0.3 is 0 Å². The Balaban J connectivity index is 2.30. The number of aromatic nitrogens is 1. The highest BCUT2D eigenvalue weighted by Crippen LogP contribution is 2.29. The predicted molar refractivity (Wildman–Crippen MR) is 59.7 cm³/mol. The van der Waals surface area contributed by atoms with Gasteiger partial charge in [-0.3, -0.25) is 0 Å². The lowest BCUT2D eigenvalue weighted by atomic mass is 10.6. The molecular weight excluding hydrogens is 234 g/mol. The molecule has 2 rings (SSSR count). The van der Waals surface area contributed by atoms with Crippen LogP contribution >= 0.6 is 11.3 Å². The van der Waals surface area contributed by atoms with E-state index in [9.17, 15) is 8.42 Å². The summed E-state index contributed by atoms with van der Waals surface area (Å²) in [6, 6.07) is 0.134. The second-order valence-corrected chi connectivity index (χ2v) is 6.45. The molecule has 0 unspecified atom stereocenters. The molecule has 1 heterocycles. The lowest BCUT2D eigenvalue weighted by Gasteiger charge is -2.02. The molecule has 0 aliphatic heterocycles. The van der Waals surface area contributed by atoms with Gasteiger partial charge < -0.3 is 5.32 Å². The summed E-state index contributed by atoms with van der Waals surface area (Å²) in [6.45, 7) is 1.71. The lowest BCUT2D eigenvalue weighted by Crippen LogP contribution is -2.25. The third kappa shape index (κ3) is 2.30. The molecule has 0 spiro atoms. The van der Waals surface area contributed by atoms with E-state index in [0.29, 0.717) is 15.0 Å². The van der Waals surface area contributed by atoms with Gasteiger partial charge in [-0.2, -0.15) is 0 Å². The summed E-state index contributed by atoms with van der Waals surface area (Å²) in [6.07, 6.45) is 1.88. The first-order valence-corrected chi connectivity index (χ1v) is 7.00. The van der Waals surface area contributed by atoms with Gasteiger partial charge in [0.05, 0.1) is 5.69 Å². The molecule has 1 aromatic rings. The van der Waals surface area contributed by atoms with E-state index in [4.69, 9.17) is 0 Å². The SMILES string of the molecule is CNc1nc(C)c(S(=O)(=O)NC2CC2)s1. The topological polar surface area (TPSA) is 71.1 Å². The molecule has 7 heteroatoms. The largest absolute Gasteiger partial charge is 0.365 e. The average molecular weight is 247 g/mol. The first-order chi connectivity index (χ1) is 7.03. The van der Waals surface area contributed by atoms with Crippen LogP contribution in [0.15, 0.2) is 4.21 Å². The van der Waals surface area contributed by atoms with E-state index in [1.165, 1.54) is 0 Å². The van der Waals surface area contributed by atoms with Crippen LogP contribution in [0.1, 0.15) is 18.5 Å². The van der Waals surface area contributed by atoms with Gasteiger partial charge in [0, 0.05) is 13.1 Å². The minimum atomic E-state index is -3.35. The maximum atomic E-state index is 11.9. The van der Waals surface area contributed by atoms with E-state index < -0.39 is 10.0 Å². The van der Waals surface area contributed by atoms with Gasteiger partial charge in [-0.15, -0.1) is 0 Å². The van der Waals surface area contributed by atoms with Crippen molar-refractivity contribution >= 4 is 26.5 Å². The number of hydrogen-bond donors (Lipinski definition) is 2. The Morgan fingerprint density at radius 1 is 1.47 bits per heavy atom. The van der Waals surface area contributed by atoms with Crippen molar-refractivity contribution < 1.29 is 8.42 Å². The third-order valence-electron chi connectivity index (χ3n) is 2.11. The van der Waals surface area contributed by atoms with Gasteiger partial charge in [-0.1, -0.05) is 11.3 Å². The minimum absolute atomic E-state index is 0.134. The molecule has 0 bridgehead atoms. The van der Waals surface area contributed by atoms with Crippen LogP contribution in [0.4, 0.5) is 5.13 Å². The summed E-state index contributed by atoms with van der Waals surface area (Å²) in [5, 5.41) is 3.47. The van der Waals surface area contributed by atoms with E-state index in [0.717, 1.165) is 24.2 Å². The summed E-state index contributed by atoms with van der Waals surface area (Å²) < 4.78 is 26.7. The smallest absolute Gasteiger partial charge is 0.252 e. The molecule has 1 aliphatic rings. The monoisotopic (exact) mass is 247 g/mol. The van der Waals surface area contributed by atoms with Crippen molar-refractivity contribution in [1.82, 2.24) is 9.71 Å².